The Hall–Kier alpha value is -2.08. The van der Waals surface area contributed by atoms with Gasteiger partial charge in [-0.25, -0.2) is 9.59 Å². The van der Waals surface area contributed by atoms with Gasteiger partial charge in [0, 0.05) is 20.2 Å². The predicted octanol–water partition coefficient (Wildman–Crippen LogP) is 1.65. The zero-order valence-electron chi connectivity index (χ0n) is 12.6. The van der Waals surface area contributed by atoms with Gasteiger partial charge in [0.25, 0.3) is 0 Å². The summed E-state index contributed by atoms with van der Waals surface area (Å²) in [5.41, 5.74) is 0.827. The van der Waals surface area contributed by atoms with Crippen LogP contribution in [0.3, 0.4) is 0 Å². The topological polar surface area (TPSA) is 87.7 Å². The second-order valence-electron chi connectivity index (χ2n) is 5.33. The third-order valence-corrected chi connectivity index (χ3v) is 3.13. The number of ether oxygens (including phenoxy) is 1. The summed E-state index contributed by atoms with van der Waals surface area (Å²) >= 11 is 0. The van der Waals surface area contributed by atoms with Gasteiger partial charge in [-0.2, -0.15) is 0 Å². The molecule has 2 amide bonds. The van der Waals surface area contributed by atoms with Crippen LogP contribution in [0.4, 0.5) is 4.79 Å². The Kier molecular flexibility index (Phi) is 6.17. The van der Waals surface area contributed by atoms with Gasteiger partial charge in [-0.05, 0) is 38.0 Å². The normalized spacial score (nSPS) is 11.0. The van der Waals surface area contributed by atoms with Gasteiger partial charge in [0.05, 0.1) is 11.2 Å². The number of nitrogens with one attached hydrogen (secondary N) is 2. The average Bonchev–Trinajstić information content (AvgIpc) is 2.46. The van der Waals surface area contributed by atoms with Crippen molar-refractivity contribution < 1.29 is 19.4 Å². The number of aromatic carboxylic acids is 1. The summed E-state index contributed by atoms with van der Waals surface area (Å²) in [6.07, 6.45) is 0.640. The number of carboxylic acids is 1. The van der Waals surface area contributed by atoms with Crippen molar-refractivity contribution >= 4 is 12.0 Å². The van der Waals surface area contributed by atoms with E-state index in [1.165, 1.54) is 0 Å². The highest BCUT2D eigenvalue weighted by Crippen LogP contribution is 2.05. The lowest BCUT2D eigenvalue weighted by Gasteiger charge is -2.23. The smallest absolute Gasteiger partial charge is 0.335 e. The van der Waals surface area contributed by atoms with E-state index in [2.05, 4.69) is 10.6 Å². The maximum atomic E-state index is 11.6. The van der Waals surface area contributed by atoms with E-state index < -0.39 is 11.6 Å². The molecule has 0 heterocycles. The summed E-state index contributed by atoms with van der Waals surface area (Å²) in [6, 6.07) is 6.36. The Morgan fingerprint density at radius 3 is 2.33 bits per heavy atom. The molecular weight excluding hydrogens is 272 g/mol. The number of urea groups is 1. The fraction of sp³-hybridized carbons (Fsp3) is 0.467. The monoisotopic (exact) mass is 294 g/mol. The van der Waals surface area contributed by atoms with E-state index in [0.29, 0.717) is 19.5 Å². The molecule has 116 valence electrons. The number of carbonyl (C=O) groups excluding carboxylic acids is 1. The van der Waals surface area contributed by atoms with Gasteiger partial charge in [0.2, 0.25) is 0 Å². The highest BCUT2D eigenvalue weighted by molar-refractivity contribution is 5.87. The van der Waals surface area contributed by atoms with Crippen LogP contribution in [0.5, 0.6) is 0 Å². The van der Waals surface area contributed by atoms with Crippen LogP contribution in [-0.4, -0.2) is 42.9 Å². The summed E-state index contributed by atoms with van der Waals surface area (Å²) in [5, 5.41) is 14.3. The lowest BCUT2D eigenvalue weighted by molar-refractivity contribution is 0.0254. The van der Waals surface area contributed by atoms with Crippen LogP contribution in [0.2, 0.25) is 0 Å². The first-order chi connectivity index (χ1) is 9.84. The molecule has 6 nitrogen and oxygen atoms in total. The van der Waals surface area contributed by atoms with E-state index in [1.54, 1.807) is 31.4 Å². The molecule has 6 heteroatoms. The summed E-state index contributed by atoms with van der Waals surface area (Å²) in [4.78, 5) is 22.3. The third kappa shape index (κ3) is 6.27. The number of benzene rings is 1. The van der Waals surface area contributed by atoms with Gasteiger partial charge in [-0.1, -0.05) is 12.1 Å². The summed E-state index contributed by atoms with van der Waals surface area (Å²) < 4.78 is 5.20. The fourth-order valence-corrected chi connectivity index (χ4v) is 1.56. The standard InChI is InChI=1S/C15H22N2O4/c1-15(2,21-3)10-17-14(20)16-9-8-11-4-6-12(7-5-11)13(18)19/h4-7H,8-10H2,1-3H3,(H,18,19)(H2,16,17,20). The molecule has 0 unspecified atom stereocenters. The van der Waals surface area contributed by atoms with Crippen LogP contribution in [0, 0.1) is 0 Å². The Morgan fingerprint density at radius 1 is 1.19 bits per heavy atom. The molecule has 0 bridgehead atoms. The SMILES string of the molecule is COC(C)(C)CNC(=O)NCCc1ccc(C(=O)O)cc1. The molecule has 0 aliphatic rings. The lowest BCUT2D eigenvalue weighted by atomic mass is 10.1. The van der Waals surface area contributed by atoms with Crippen molar-refractivity contribution in [3.05, 3.63) is 35.4 Å². The first-order valence-electron chi connectivity index (χ1n) is 6.73. The molecule has 1 aromatic rings. The van der Waals surface area contributed by atoms with E-state index in [0.717, 1.165) is 5.56 Å². The maximum absolute atomic E-state index is 11.6. The van der Waals surface area contributed by atoms with Crippen molar-refractivity contribution in [2.24, 2.45) is 0 Å². The van der Waals surface area contributed by atoms with Crippen molar-refractivity contribution in [1.29, 1.82) is 0 Å². The predicted molar refractivity (Wildman–Crippen MR) is 79.6 cm³/mol. The molecule has 3 N–H and O–H groups in total. The summed E-state index contributed by atoms with van der Waals surface area (Å²) in [7, 11) is 1.60. The molecule has 0 saturated heterocycles. The first-order valence-corrected chi connectivity index (χ1v) is 6.73. The van der Waals surface area contributed by atoms with Gasteiger partial charge < -0.3 is 20.5 Å². The van der Waals surface area contributed by atoms with Crippen molar-refractivity contribution in [3.8, 4) is 0 Å². The van der Waals surface area contributed by atoms with E-state index in [1.807, 2.05) is 13.8 Å². The molecule has 0 saturated carbocycles. The van der Waals surface area contributed by atoms with Gasteiger partial charge in [0.1, 0.15) is 0 Å². The van der Waals surface area contributed by atoms with E-state index in [9.17, 15) is 9.59 Å². The van der Waals surface area contributed by atoms with E-state index in [-0.39, 0.29) is 11.6 Å². The van der Waals surface area contributed by atoms with Gasteiger partial charge >= 0.3 is 12.0 Å². The summed E-state index contributed by atoms with van der Waals surface area (Å²) in [5.74, 6) is -0.945. The number of carbonyl (C=O) groups is 2. The number of rotatable bonds is 7. The number of carboxylic acid groups (broad SMARTS) is 1. The lowest BCUT2D eigenvalue weighted by Crippen LogP contribution is -2.44. The highest BCUT2D eigenvalue weighted by atomic mass is 16.5. The minimum Gasteiger partial charge on any atom is -0.478 e. The number of hydrogen-bond acceptors (Lipinski definition) is 3. The van der Waals surface area contributed by atoms with Crippen LogP contribution < -0.4 is 10.6 Å². The third-order valence-electron chi connectivity index (χ3n) is 3.13. The van der Waals surface area contributed by atoms with Crippen molar-refractivity contribution in [2.75, 3.05) is 20.2 Å². The first kappa shape index (κ1) is 17.0. The van der Waals surface area contributed by atoms with E-state index >= 15 is 0 Å². The molecule has 0 radical (unpaired) electrons. The van der Waals surface area contributed by atoms with Crippen LogP contribution in [0.15, 0.2) is 24.3 Å². The molecule has 0 atom stereocenters. The molecule has 21 heavy (non-hydrogen) atoms. The van der Waals surface area contributed by atoms with Gasteiger partial charge in [0.15, 0.2) is 0 Å². The van der Waals surface area contributed by atoms with Crippen LogP contribution in [0.1, 0.15) is 29.8 Å². The number of amides is 2. The van der Waals surface area contributed by atoms with E-state index in [4.69, 9.17) is 9.84 Å². The second kappa shape index (κ2) is 7.64. The second-order valence-corrected chi connectivity index (χ2v) is 5.33. The molecule has 1 rings (SSSR count). The van der Waals surface area contributed by atoms with Crippen molar-refractivity contribution in [2.45, 2.75) is 25.9 Å². The van der Waals surface area contributed by atoms with Crippen LogP contribution in [0.25, 0.3) is 0 Å². The zero-order valence-corrected chi connectivity index (χ0v) is 12.6. The quantitative estimate of drug-likeness (QED) is 0.713. The maximum Gasteiger partial charge on any atom is 0.335 e. The fourth-order valence-electron chi connectivity index (χ4n) is 1.56. The molecular formula is C15H22N2O4. The molecule has 0 fully saturated rings. The van der Waals surface area contributed by atoms with Crippen LogP contribution >= 0.6 is 0 Å². The van der Waals surface area contributed by atoms with Gasteiger partial charge in [-0.3, -0.25) is 0 Å². The summed E-state index contributed by atoms with van der Waals surface area (Å²) in [6.45, 7) is 4.67. The minimum atomic E-state index is -0.945. The van der Waals surface area contributed by atoms with Crippen LogP contribution in [-0.2, 0) is 11.2 Å². The molecule has 0 aliphatic carbocycles. The number of hydrogen-bond donors (Lipinski definition) is 3. The number of methoxy groups -OCH3 is 1. The highest BCUT2D eigenvalue weighted by Gasteiger charge is 2.16. The molecule has 0 aromatic heterocycles. The zero-order chi connectivity index (χ0) is 15.9. The Balaban J connectivity index is 2.30. The molecule has 0 spiro atoms. The minimum absolute atomic E-state index is 0.248. The Labute approximate surface area is 124 Å². The molecule has 1 aromatic carbocycles. The van der Waals surface area contributed by atoms with Crippen molar-refractivity contribution in [3.63, 3.8) is 0 Å². The van der Waals surface area contributed by atoms with Gasteiger partial charge in [-0.15, -0.1) is 0 Å². The average molecular weight is 294 g/mol. The largest absolute Gasteiger partial charge is 0.478 e. The molecule has 0 aliphatic heterocycles. The Morgan fingerprint density at radius 2 is 1.81 bits per heavy atom. The van der Waals surface area contributed by atoms with Crippen molar-refractivity contribution in [1.82, 2.24) is 10.6 Å². The Bertz CT molecular complexity index is 483.